The molecule has 2 unspecified atom stereocenters. The van der Waals surface area contributed by atoms with Crippen molar-refractivity contribution in [3.05, 3.63) is 114 Å². The van der Waals surface area contributed by atoms with E-state index in [2.05, 4.69) is 47.9 Å². The minimum atomic E-state index is -1.01. The lowest BCUT2D eigenvalue weighted by Gasteiger charge is -2.39. The molecule has 1 saturated heterocycles. The molecule has 4 aromatic carbocycles. The summed E-state index contributed by atoms with van der Waals surface area (Å²) in [6, 6.07) is 27.4. The molecule has 0 aliphatic carbocycles. The Balaban J connectivity index is 1.32. The summed E-state index contributed by atoms with van der Waals surface area (Å²) >= 11 is 0. The summed E-state index contributed by atoms with van der Waals surface area (Å²) in [5.74, 6) is -1.10. The standard InChI is InChI=1S/C32H32FN3O3/c1-21(28-11-5-7-22-6-2-3-10-30(22)28)34-19-25-20-36(17-16-29(25)24-8-4-9-26(33)18-24)32(39)35-27-14-12-23(13-15-27)31(37)38/h2-15,18,21,25,29,34H,16-17,19-20H2,1H3,(H,35,39)(H,37,38)/t21-,25?,29?/m1/s1. The molecule has 200 valence electrons. The molecule has 0 bridgehead atoms. The van der Waals surface area contributed by atoms with Gasteiger partial charge in [0.25, 0.3) is 0 Å². The molecule has 3 N–H and O–H groups in total. The average Bonchev–Trinajstić information content (AvgIpc) is 2.95. The average molecular weight is 526 g/mol. The predicted octanol–water partition coefficient (Wildman–Crippen LogP) is 6.67. The van der Waals surface area contributed by atoms with Crippen LogP contribution in [0.25, 0.3) is 10.8 Å². The molecule has 1 aliphatic heterocycles. The van der Waals surface area contributed by atoms with Gasteiger partial charge in [-0.1, -0.05) is 54.6 Å². The van der Waals surface area contributed by atoms with Gasteiger partial charge in [-0.2, -0.15) is 0 Å². The summed E-state index contributed by atoms with van der Waals surface area (Å²) in [7, 11) is 0. The van der Waals surface area contributed by atoms with Crippen molar-refractivity contribution in [2.24, 2.45) is 5.92 Å². The molecule has 0 aromatic heterocycles. The SMILES string of the molecule is C[C@@H](NCC1CN(C(=O)Nc2ccc(C(=O)O)cc2)CCC1c1cccc(F)c1)c1cccc2ccccc12. The molecule has 3 atom stereocenters. The van der Waals surface area contributed by atoms with Crippen molar-refractivity contribution in [3.8, 4) is 0 Å². The van der Waals surface area contributed by atoms with E-state index in [1.54, 1.807) is 29.2 Å². The van der Waals surface area contributed by atoms with Crippen molar-refractivity contribution in [3.63, 3.8) is 0 Å². The number of piperidine rings is 1. The Bertz CT molecular complexity index is 1470. The van der Waals surface area contributed by atoms with Crippen molar-refractivity contribution in [2.45, 2.75) is 25.3 Å². The predicted molar refractivity (Wildman–Crippen MR) is 152 cm³/mol. The van der Waals surface area contributed by atoms with Crippen LogP contribution in [0.2, 0.25) is 0 Å². The Hall–Kier alpha value is -4.23. The monoisotopic (exact) mass is 525 g/mol. The summed E-state index contributed by atoms with van der Waals surface area (Å²) in [5, 5.41) is 18.1. The van der Waals surface area contributed by atoms with Crippen LogP contribution in [0.1, 0.15) is 46.8 Å². The molecule has 0 radical (unpaired) electrons. The highest BCUT2D eigenvalue weighted by Crippen LogP contribution is 2.34. The molecule has 39 heavy (non-hydrogen) atoms. The van der Waals surface area contributed by atoms with E-state index in [0.717, 1.165) is 5.56 Å². The van der Waals surface area contributed by atoms with E-state index in [4.69, 9.17) is 5.11 Å². The number of hydrogen-bond acceptors (Lipinski definition) is 3. The van der Waals surface area contributed by atoms with Gasteiger partial charge in [0.1, 0.15) is 5.82 Å². The molecular formula is C32H32FN3O3. The quantitative estimate of drug-likeness (QED) is 0.252. The minimum Gasteiger partial charge on any atom is -0.478 e. The summed E-state index contributed by atoms with van der Waals surface area (Å²) in [5.41, 5.74) is 2.86. The van der Waals surface area contributed by atoms with Gasteiger partial charge >= 0.3 is 12.0 Å². The largest absolute Gasteiger partial charge is 0.478 e. The van der Waals surface area contributed by atoms with Gasteiger partial charge in [-0.25, -0.2) is 14.0 Å². The first-order chi connectivity index (χ1) is 18.9. The number of nitrogens with one attached hydrogen (secondary N) is 2. The van der Waals surface area contributed by atoms with Gasteiger partial charge in [0.2, 0.25) is 0 Å². The Morgan fingerprint density at radius 2 is 1.74 bits per heavy atom. The van der Waals surface area contributed by atoms with E-state index in [1.807, 2.05) is 18.2 Å². The number of amides is 2. The van der Waals surface area contributed by atoms with Crippen LogP contribution in [0.15, 0.2) is 91.0 Å². The lowest BCUT2D eigenvalue weighted by molar-refractivity contribution is 0.0697. The second-order valence-electron chi connectivity index (χ2n) is 10.2. The Kier molecular flexibility index (Phi) is 7.89. The van der Waals surface area contributed by atoms with Gasteiger partial charge in [-0.3, -0.25) is 0 Å². The molecule has 1 aliphatic rings. The lowest BCUT2D eigenvalue weighted by atomic mass is 9.80. The third kappa shape index (κ3) is 6.10. The zero-order valence-electron chi connectivity index (χ0n) is 21.8. The zero-order chi connectivity index (χ0) is 27.4. The summed E-state index contributed by atoms with van der Waals surface area (Å²) in [4.78, 5) is 26.1. The molecule has 1 heterocycles. The lowest BCUT2D eigenvalue weighted by Crippen LogP contribution is -2.47. The number of likely N-dealkylation sites (tertiary alicyclic amines) is 1. The number of carbonyl (C=O) groups is 2. The number of fused-ring (bicyclic) bond motifs is 1. The molecule has 2 amide bonds. The molecule has 1 fully saturated rings. The van der Waals surface area contributed by atoms with Gasteiger partial charge in [0.05, 0.1) is 5.56 Å². The van der Waals surface area contributed by atoms with Gasteiger partial charge in [-0.15, -0.1) is 0 Å². The first-order valence-electron chi connectivity index (χ1n) is 13.2. The van der Waals surface area contributed by atoms with Gasteiger partial charge in [-0.05, 0) is 83.5 Å². The van der Waals surface area contributed by atoms with E-state index >= 15 is 0 Å². The molecule has 0 saturated carbocycles. The Morgan fingerprint density at radius 3 is 2.51 bits per heavy atom. The number of anilines is 1. The molecule has 7 heteroatoms. The van der Waals surface area contributed by atoms with Crippen LogP contribution < -0.4 is 10.6 Å². The smallest absolute Gasteiger partial charge is 0.335 e. The van der Waals surface area contributed by atoms with Crippen LogP contribution in [0.3, 0.4) is 0 Å². The first-order valence-corrected chi connectivity index (χ1v) is 13.2. The fourth-order valence-corrected chi connectivity index (χ4v) is 5.56. The second-order valence-corrected chi connectivity index (χ2v) is 10.2. The van der Waals surface area contributed by atoms with Crippen molar-refractivity contribution < 1.29 is 19.1 Å². The van der Waals surface area contributed by atoms with E-state index in [9.17, 15) is 14.0 Å². The number of rotatable bonds is 7. The topological polar surface area (TPSA) is 81.7 Å². The van der Waals surface area contributed by atoms with Crippen LogP contribution in [0.5, 0.6) is 0 Å². The van der Waals surface area contributed by atoms with E-state index in [-0.39, 0.29) is 35.3 Å². The van der Waals surface area contributed by atoms with E-state index < -0.39 is 5.97 Å². The Morgan fingerprint density at radius 1 is 1.00 bits per heavy atom. The highest BCUT2D eigenvalue weighted by molar-refractivity contribution is 5.91. The van der Waals surface area contributed by atoms with Gasteiger partial charge in [0.15, 0.2) is 0 Å². The molecule has 6 nitrogen and oxygen atoms in total. The van der Waals surface area contributed by atoms with Crippen molar-refractivity contribution in [1.82, 2.24) is 10.2 Å². The number of urea groups is 1. The number of hydrogen-bond donors (Lipinski definition) is 3. The molecule has 0 spiro atoms. The number of carboxylic acids is 1. The number of carbonyl (C=O) groups excluding carboxylic acids is 1. The minimum absolute atomic E-state index is 0.0677. The summed E-state index contributed by atoms with van der Waals surface area (Å²) in [6.07, 6.45) is 0.712. The maximum Gasteiger partial charge on any atom is 0.335 e. The van der Waals surface area contributed by atoms with E-state index in [0.29, 0.717) is 31.7 Å². The van der Waals surface area contributed by atoms with Crippen LogP contribution in [0.4, 0.5) is 14.9 Å². The molecule has 4 aromatic rings. The Labute approximate surface area is 227 Å². The second kappa shape index (κ2) is 11.7. The van der Waals surface area contributed by atoms with Crippen molar-refractivity contribution in [1.29, 1.82) is 0 Å². The number of carboxylic acid groups (broad SMARTS) is 1. The molecule has 5 rings (SSSR count). The maximum atomic E-state index is 14.1. The third-order valence-corrected chi connectivity index (χ3v) is 7.66. The van der Waals surface area contributed by atoms with Gasteiger partial charge in [0, 0.05) is 31.4 Å². The van der Waals surface area contributed by atoms with Gasteiger partial charge < -0.3 is 20.6 Å². The summed E-state index contributed by atoms with van der Waals surface area (Å²) < 4.78 is 14.1. The van der Waals surface area contributed by atoms with Crippen molar-refractivity contribution >= 4 is 28.5 Å². The number of aromatic carboxylic acids is 1. The fraction of sp³-hybridized carbons (Fsp3) is 0.250. The van der Waals surface area contributed by atoms with E-state index in [1.165, 1.54) is 34.5 Å². The van der Waals surface area contributed by atoms with Crippen LogP contribution >= 0.6 is 0 Å². The summed E-state index contributed by atoms with van der Waals surface area (Å²) in [6.45, 7) is 3.85. The maximum absolute atomic E-state index is 14.1. The van der Waals surface area contributed by atoms with Crippen LogP contribution in [-0.2, 0) is 0 Å². The molecular weight excluding hydrogens is 493 g/mol. The van der Waals surface area contributed by atoms with Crippen LogP contribution in [0, 0.1) is 11.7 Å². The first kappa shape index (κ1) is 26.4. The zero-order valence-corrected chi connectivity index (χ0v) is 21.8. The highest BCUT2D eigenvalue weighted by Gasteiger charge is 2.33. The van der Waals surface area contributed by atoms with Crippen molar-refractivity contribution in [2.75, 3.05) is 25.0 Å². The third-order valence-electron chi connectivity index (χ3n) is 7.66. The number of halogens is 1. The highest BCUT2D eigenvalue weighted by atomic mass is 19.1. The number of benzene rings is 4. The number of nitrogens with zero attached hydrogens (tertiary/aromatic N) is 1. The fourth-order valence-electron chi connectivity index (χ4n) is 5.56. The van der Waals surface area contributed by atoms with Crippen LogP contribution in [-0.4, -0.2) is 41.6 Å². The normalized spacial score (nSPS) is 18.1.